The number of rotatable bonds is 7. The fourth-order valence-corrected chi connectivity index (χ4v) is 7.69. The van der Waals surface area contributed by atoms with Crippen molar-refractivity contribution in [2.24, 2.45) is 0 Å². The van der Waals surface area contributed by atoms with Gasteiger partial charge in [0.05, 0.1) is 26.5 Å². The van der Waals surface area contributed by atoms with Gasteiger partial charge in [-0.3, -0.25) is 20.2 Å². The molecule has 0 saturated heterocycles. The van der Waals surface area contributed by atoms with Crippen LogP contribution in [0.5, 0.6) is 0 Å². The van der Waals surface area contributed by atoms with Gasteiger partial charge in [0.1, 0.15) is 0 Å². The van der Waals surface area contributed by atoms with Gasteiger partial charge in [0.25, 0.3) is 11.4 Å². The lowest BCUT2D eigenvalue weighted by Gasteiger charge is -2.09. The molecule has 0 unspecified atom stereocenters. The molecule has 1 heterocycles. The summed E-state index contributed by atoms with van der Waals surface area (Å²) in [5, 5.41) is 23.4. The zero-order valence-electron chi connectivity index (χ0n) is 32.8. The Kier molecular flexibility index (Phi) is 12.2. The lowest BCUT2D eigenvalue weighted by atomic mass is 9.99. The van der Waals surface area contributed by atoms with Gasteiger partial charge in [-0.2, -0.15) is 0 Å². The normalized spacial score (nSPS) is 11.2. The average molecular weight is 861 g/mol. The topological polar surface area (TPSA) is 91.2 Å². The predicted molar refractivity (Wildman–Crippen MR) is 252 cm³/mol. The van der Waals surface area contributed by atoms with Crippen molar-refractivity contribution < 1.29 is 9.85 Å². The van der Waals surface area contributed by atoms with Gasteiger partial charge in [0.2, 0.25) is 0 Å². The quantitative estimate of drug-likeness (QED) is 0.118. The third kappa shape index (κ3) is 9.31. The third-order valence-electron chi connectivity index (χ3n) is 10.5. The van der Waals surface area contributed by atoms with Crippen LogP contribution in [0.25, 0.3) is 67.2 Å². The highest BCUT2D eigenvalue weighted by molar-refractivity contribution is 9.10. The Morgan fingerprint density at radius 3 is 1.52 bits per heavy atom. The van der Waals surface area contributed by atoms with E-state index in [4.69, 9.17) is 0 Å². The van der Waals surface area contributed by atoms with Crippen molar-refractivity contribution in [2.75, 3.05) is 0 Å². The van der Waals surface area contributed by atoms with Crippen molar-refractivity contribution in [3.63, 3.8) is 0 Å². The van der Waals surface area contributed by atoms with Crippen LogP contribution in [0, 0.1) is 20.2 Å². The van der Waals surface area contributed by atoms with Crippen LogP contribution < -0.4 is 0 Å². The second kappa shape index (κ2) is 18.5. The van der Waals surface area contributed by atoms with E-state index in [0.717, 1.165) is 44.2 Å². The van der Waals surface area contributed by atoms with Gasteiger partial charge in [-0.15, -0.1) is 0 Å². The van der Waals surface area contributed by atoms with Crippen LogP contribution in [0.1, 0.15) is 11.1 Å². The molecular weight excluding hydrogens is 823 g/mol. The van der Waals surface area contributed by atoms with Crippen molar-refractivity contribution in [3.05, 3.63) is 248 Å². The minimum Gasteiger partial charge on any atom is -0.317 e. The van der Waals surface area contributed by atoms with Gasteiger partial charge in [-0.25, -0.2) is 0 Å². The van der Waals surface area contributed by atoms with Crippen molar-refractivity contribution in [3.8, 4) is 50.2 Å². The summed E-state index contributed by atoms with van der Waals surface area (Å²) >= 11 is 3.42. The monoisotopic (exact) mass is 859 g/mol. The maximum absolute atomic E-state index is 11.4. The summed E-state index contributed by atoms with van der Waals surface area (Å²) < 4.78 is 3.25. The minimum atomic E-state index is -0.335. The molecule has 8 heteroatoms. The molecule has 0 fully saturated rings. The summed E-state index contributed by atoms with van der Waals surface area (Å²) in [4.78, 5) is 21.7. The molecule has 0 saturated carbocycles. The molecule has 1 aliphatic rings. The first-order chi connectivity index (χ1) is 29.8. The molecule has 61 heavy (non-hydrogen) atoms. The van der Waals surface area contributed by atoms with Crippen LogP contribution in [0.2, 0.25) is 0 Å². The molecule has 0 radical (unpaired) electrons. The smallest absolute Gasteiger partial charge is 0.277 e. The van der Waals surface area contributed by atoms with Crippen LogP contribution in [0.15, 0.2) is 217 Å². The van der Waals surface area contributed by atoms with Crippen molar-refractivity contribution in [2.45, 2.75) is 6.42 Å². The third-order valence-corrected chi connectivity index (χ3v) is 11.0. The van der Waals surface area contributed by atoms with E-state index in [1.54, 1.807) is 36.4 Å². The molecule has 0 amide bonds. The second-order valence-corrected chi connectivity index (χ2v) is 15.2. The minimum absolute atomic E-state index is 0.118. The van der Waals surface area contributed by atoms with Gasteiger partial charge in [0, 0.05) is 33.9 Å². The number of hydrogen-bond donors (Lipinski definition) is 0. The summed E-state index contributed by atoms with van der Waals surface area (Å²) in [6.07, 6.45) is 7.15. The molecule has 1 aromatic heterocycles. The molecule has 8 aromatic carbocycles. The van der Waals surface area contributed by atoms with Gasteiger partial charge in [-0.1, -0.05) is 155 Å². The summed E-state index contributed by atoms with van der Waals surface area (Å²) in [5.74, 6) is 0. The number of allylic oxidation sites excluding steroid dienone is 1. The Bertz CT molecular complexity index is 3000. The lowest BCUT2D eigenvalue weighted by molar-refractivity contribution is -0.384. The molecular formula is C53H38BrN3O4. The maximum Gasteiger partial charge on any atom is 0.277 e. The van der Waals surface area contributed by atoms with Crippen LogP contribution in [0.4, 0.5) is 11.4 Å². The molecule has 0 N–H and O–H groups in total. The number of halogens is 1. The standard InChI is InChI=1S/C26H18N2O2.C15H11NO2.C12H9Br/c29-28(30)26-9-5-4-8-24(26)21-12-15-25-22(18-21)16-17-27(25)23-13-10-20(11-14-23)19-6-2-1-3-7-19;17-16(18)15-7-2-1-6-14(15)13-9-8-11-4-3-5-12(11)10-13;13-12-8-6-11(7-9-12)10-4-2-1-3-5-10/h1-18H;1-3,5-10H,4H2;1-9H. The summed E-state index contributed by atoms with van der Waals surface area (Å²) in [6.45, 7) is 0. The highest BCUT2D eigenvalue weighted by Crippen LogP contribution is 2.34. The van der Waals surface area contributed by atoms with Crippen molar-refractivity contribution >= 4 is 44.3 Å². The first-order valence-electron chi connectivity index (χ1n) is 19.7. The Balaban J connectivity index is 0.000000140. The van der Waals surface area contributed by atoms with E-state index >= 15 is 0 Å². The van der Waals surface area contributed by atoms with E-state index in [1.165, 1.54) is 27.8 Å². The summed E-state index contributed by atoms with van der Waals surface area (Å²) in [5.41, 5.74) is 12.8. The van der Waals surface area contributed by atoms with Crippen LogP contribution in [0.3, 0.4) is 0 Å². The molecule has 296 valence electrons. The molecule has 0 spiro atoms. The largest absolute Gasteiger partial charge is 0.317 e. The Morgan fingerprint density at radius 2 is 0.951 bits per heavy atom. The molecule has 10 rings (SSSR count). The molecule has 9 aromatic rings. The maximum atomic E-state index is 11.4. The molecule has 0 atom stereocenters. The second-order valence-electron chi connectivity index (χ2n) is 14.3. The number of aromatic nitrogens is 1. The van der Waals surface area contributed by atoms with Crippen LogP contribution in [-0.4, -0.2) is 14.4 Å². The van der Waals surface area contributed by atoms with E-state index in [1.807, 2.05) is 85.1 Å². The first kappa shape index (κ1) is 40.1. The van der Waals surface area contributed by atoms with Gasteiger partial charge < -0.3 is 4.57 Å². The summed E-state index contributed by atoms with van der Waals surface area (Å²) in [6, 6.07) is 65.2. The number of benzene rings is 8. The molecule has 0 bridgehead atoms. The number of nitrogens with zero attached hydrogens (tertiary/aromatic N) is 3. The Hall–Kier alpha value is -7.68. The summed E-state index contributed by atoms with van der Waals surface area (Å²) in [7, 11) is 0. The number of nitro benzene ring substituents is 2. The fourth-order valence-electron chi connectivity index (χ4n) is 7.42. The Morgan fingerprint density at radius 1 is 0.475 bits per heavy atom. The van der Waals surface area contributed by atoms with E-state index in [9.17, 15) is 20.2 Å². The van der Waals surface area contributed by atoms with Crippen molar-refractivity contribution in [1.29, 1.82) is 0 Å². The first-order valence-corrected chi connectivity index (χ1v) is 20.5. The highest BCUT2D eigenvalue weighted by atomic mass is 79.9. The van der Waals surface area contributed by atoms with E-state index in [0.29, 0.717) is 11.1 Å². The van der Waals surface area contributed by atoms with Gasteiger partial charge in [0.15, 0.2) is 0 Å². The van der Waals surface area contributed by atoms with E-state index in [-0.39, 0.29) is 21.2 Å². The van der Waals surface area contributed by atoms with Gasteiger partial charge >= 0.3 is 0 Å². The number of para-hydroxylation sites is 2. The SMILES string of the molecule is Brc1ccc(-c2ccccc2)cc1.O=[N+]([O-])c1ccccc1-c1ccc2c(c1)C=CC2.O=[N+]([O-])c1ccccc1-c1ccc2c(ccn2-c2ccc(-c3ccccc3)cc2)c1. The number of fused-ring (bicyclic) bond motifs is 2. The Labute approximate surface area is 362 Å². The zero-order chi connectivity index (χ0) is 42.1. The predicted octanol–water partition coefficient (Wildman–Crippen LogP) is 14.8. The fraction of sp³-hybridized carbons (Fsp3) is 0.0189. The van der Waals surface area contributed by atoms with Gasteiger partial charge in [-0.05, 0) is 112 Å². The molecule has 7 nitrogen and oxygen atoms in total. The number of nitro groups is 2. The van der Waals surface area contributed by atoms with E-state index in [2.05, 4.69) is 118 Å². The molecule has 1 aliphatic carbocycles. The number of hydrogen-bond acceptors (Lipinski definition) is 4. The highest BCUT2D eigenvalue weighted by Gasteiger charge is 2.17. The lowest BCUT2D eigenvalue weighted by Crippen LogP contribution is -1.93. The van der Waals surface area contributed by atoms with Crippen molar-refractivity contribution in [1.82, 2.24) is 4.57 Å². The van der Waals surface area contributed by atoms with E-state index < -0.39 is 0 Å². The average Bonchev–Trinajstić information content (AvgIpc) is 3.97. The van der Waals surface area contributed by atoms with Crippen LogP contribution in [-0.2, 0) is 6.42 Å². The molecule has 0 aliphatic heterocycles. The zero-order valence-corrected chi connectivity index (χ0v) is 34.4. The van der Waals surface area contributed by atoms with Crippen LogP contribution >= 0.6 is 15.9 Å².